The smallest absolute Gasteiger partial charge is 0.387 e. The molecule has 0 spiro atoms. The highest BCUT2D eigenvalue weighted by atomic mass is 31.2. The van der Waals surface area contributed by atoms with Gasteiger partial charge in [0.25, 0.3) is 5.56 Å². The van der Waals surface area contributed by atoms with Crippen molar-refractivity contribution >= 4 is 24.9 Å². The molecule has 2 aromatic heterocycles. The molecule has 3 rings (SSSR count). The molecule has 0 aromatic carbocycles. The van der Waals surface area contributed by atoms with Crippen LogP contribution in [0.2, 0.25) is 0 Å². The van der Waals surface area contributed by atoms with Crippen molar-refractivity contribution in [3.8, 4) is 0 Å². The molecule has 14 heteroatoms. The Morgan fingerprint density at radius 1 is 1.64 bits per heavy atom. The first-order valence-corrected chi connectivity index (χ1v) is 8.59. The number of fused-ring (bicyclic) bond motifs is 1. The van der Waals surface area contributed by atoms with Crippen LogP contribution in [0, 0.1) is 0 Å². The molecule has 3 unspecified atom stereocenters. The van der Waals surface area contributed by atoms with Gasteiger partial charge < -0.3 is 25.6 Å². The summed E-state index contributed by atoms with van der Waals surface area (Å²) in [5.41, 5.74) is 3.02. The number of nitrogens with two attached hydrogens (primary N) is 1. The molecule has 2 aromatic rings. The van der Waals surface area contributed by atoms with E-state index in [-0.39, 0.29) is 17.1 Å². The second-order valence-corrected chi connectivity index (χ2v) is 7.09. The molecule has 0 amide bonds. The standard InChI is InChI=1S/C11H16N5O8P/c1-11(19)6(17)4(2-23-25(20,21)22)24-9(11)16-3-13-5-7(16)14-10(12)15-8(5)18/h3-4,6,9,17,19H,2H2,1H3,(H2,20,21,22)(H3,12,14,15,18)/p+1/t4-,6?,9-,11?/m1/s1. The van der Waals surface area contributed by atoms with Gasteiger partial charge in [-0.2, -0.15) is 9.55 Å². The van der Waals surface area contributed by atoms with Gasteiger partial charge in [-0.15, -0.1) is 0 Å². The van der Waals surface area contributed by atoms with E-state index in [4.69, 9.17) is 20.3 Å². The first-order chi connectivity index (χ1) is 11.5. The molecule has 8 N–H and O–H groups in total. The number of hydrogen-bond acceptors (Lipinski definition) is 9. The van der Waals surface area contributed by atoms with Gasteiger partial charge in [-0.05, 0) is 6.92 Å². The number of imidazole rings is 1. The molecule has 5 atom stereocenters. The SMILES string of the molecule is CC1(O)C(O)[C@@H](COP(=O)(O)[OH2+])O[C@H]1n1cnc2c(=O)[nH]c(N)nc21. The molecule has 1 aliphatic rings. The van der Waals surface area contributed by atoms with E-state index in [1.807, 2.05) is 0 Å². The Kier molecular flexibility index (Phi) is 4.20. The summed E-state index contributed by atoms with van der Waals surface area (Å²) in [7, 11) is -4.53. The maximum atomic E-state index is 11.8. The van der Waals surface area contributed by atoms with Crippen LogP contribution in [0.5, 0.6) is 0 Å². The van der Waals surface area contributed by atoms with E-state index in [0.29, 0.717) is 0 Å². The molecule has 0 aliphatic carbocycles. The quantitative estimate of drug-likeness (QED) is 0.280. The van der Waals surface area contributed by atoms with Gasteiger partial charge in [-0.25, -0.2) is 9.51 Å². The van der Waals surface area contributed by atoms with Gasteiger partial charge in [0.15, 0.2) is 17.4 Å². The Bertz CT molecular complexity index is 903. The molecular weight excluding hydrogens is 361 g/mol. The maximum absolute atomic E-state index is 11.8. The largest absolute Gasteiger partial charge is 0.631 e. The molecule has 0 radical (unpaired) electrons. The second-order valence-electron chi connectivity index (χ2n) is 5.79. The Balaban J connectivity index is 1.97. The normalized spacial score (nSPS) is 32.1. The monoisotopic (exact) mass is 378 g/mol. The van der Waals surface area contributed by atoms with Crippen LogP contribution in [-0.2, 0) is 13.8 Å². The summed E-state index contributed by atoms with van der Waals surface area (Å²) in [6, 6.07) is 0. The van der Waals surface area contributed by atoms with Crippen molar-refractivity contribution in [1.82, 2.24) is 19.5 Å². The Labute approximate surface area is 139 Å². The molecule has 138 valence electrons. The highest BCUT2D eigenvalue weighted by Crippen LogP contribution is 2.42. The number of nitrogens with zero attached hydrogens (tertiary/aromatic N) is 3. The predicted octanol–water partition coefficient (Wildman–Crippen LogP) is -2.45. The fourth-order valence-electron chi connectivity index (χ4n) is 2.67. The topological polar surface area (TPSA) is 209 Å². The third kappa shape index (κ3) is 3.18. The molecule has 0 saturated carbocycles. The average Bonchev–Trinajstić information content (AvgIpc) is 2.97. The van der Waals surface area contributed by atoms with E-state index < -0.39 is 44.0 Å². The number of aliphatic hydroxyl groups excluding tert-OH is 1. The minimum atomic E-state index is -4.53. The first kappa shape index (κ1) is 17.9. The first-order valence-electron chi connectivity index (χ1n) is 7.01. The summed E-state index contributed by atoms with van der Waals surface area (Å²) in [6.45, 7) is 0.664. The van der Waals surface area contributed by atoms with Crippen LogP contribution >= 0.6 is 7.82 Å². The highest BCUT2D eigenvalue weighted by Gasteiger charge is 2.54. The van der Waals surface area contributed by atoms with Crippen molar-refractivity contribution in [1.29, 1.82) is 0 Å². The van der Waals surface area contributed by atoms with Gasteiger partial charge in [0, 0.05) is 0 Å². The summed E-state index contributed by atoms with van der Waals surface area (Å²) < 4.78 is 22.1. The van der Waals surface area contributed by atoms with Crippen LogP contribution in [0.4, 0.5) is 5.95 Å². The molecule has 3 heterocycles. The van der Waals surface area contributed by atoms with Crippen LogP contribution in [0.3, 0.4) is 0 Å². The molecule has 0 bridgehead atoms. The lowest BCUT2D eigenvalue weighted by Crippen LogP contribution is -2.44. The fraction of sp³-hybridized carbons (Fsp3) is 0.545. The molecule has 25 heavy (non-hydrogen) atoms. The number of H-pyrrole nitrogens is 1. The lowest BCUT2D eigenvalue weighted by Gasteiger charge is -2.27. The van der Waals surface area contributed by atoms with E-state index in [2.05, 4.69) is 19.5 Å². The molecular formula is C11H17N5O8P+. The minimum absolute atomic E-state index is 0.0219. The summed E-state index contributed by atoms with van der Waals surface area (Å²) in [6.07, 6.45) is -2.77. The van der Waals surface area contributed by atoms with E-state index in [1.54, 1.807) is 0 Å². The van der Waals surface area contributed by atoms with Gasteiger partial charge in [-0.1, -0.05) is 0 Å². The van der Waals surface area contributed by atoms with Gasteiger partial charge >= 0.3 is 7.82 Å². The number of aromatic nitrogens is 4. The number of hydrogen-bond donors (Lipinski definition) is 5. The third-order valence-corrected chi connectivity index (χ3v) is 4.37. The second kappa shape index (κ2) is 5.85. The average molecular weight is 378 g/mol. The summed E-state index contributed by atoms with van der Waals surface area (Å²) >= 11 is 0. The van der Waals surface area contributed by atoms with Crippen LogP contribution in [-0.4, -0.2) is 63.9 Å². The van der Waals surface area contributed by atoms with Gasteiger partial charge in [0.2, 0.25) is 5.95 Å². The number of aliphatic hydroxyl groups is 2. The molecule has 1 saturated heterocycles. The number of nitrogens with one attached hydrogen (secondary N) is 1. The van der Waals surface area contributed by atoms with Crippen LogP contribution < -0.4 is 11.3 Å². The Morgan fingerprint density at radius 3 is 2.96 bits per heavy atom. The molecule has 13 nitrogen and oxygen atoms in total. The lowest BCUT2D eigenvalue weighted by molar-refractivity contribution is -0.0949. The summed E-state index contributed by atoms with van der Waals surface area (Å²) in [4.78, 5) is 37.6. The van der Waals surface area contributed by atoms with Crippen molar-refractivity contribution in [2.24, 2.45) is 0 Å². The van der Waals surface area contributed by atoms with Crippen molar-refractivity contribution in [3.63, 3.8) is 0 Å². The van der Waals surface area contributed by atoms with Crippen molar-refractivity contribution < 1.29 is 33.8 Å². The number of nitrogen functional groups attached to an aromatic ring is 1. The zero-order chi connectivity index (χ0) is 18.6. The van der Waals surface area contributed by atoms with Crippen LogP contribution in [0.25, 0.3) is 11.2 Å². The van der Waals surface area contributed by atoms with Crippen molar-refractivity contribution in [2.75, 3.05) is 12.3 Å². The zero-order valence-corrected chi connectivity index (χ0v) is 13.8. The zero-order valence-electron chi connectivity index (χ0n) is 12.9. The van der Waals surface area contributed by atoms with Gasteiger partial charge in [0.05, 0.1) is 12.9 Å². The molecule has 1 aliphatic heterocycles. The fourth-order valence-corrected chi connectivity index (χ4v) is 3.02. The van der Waals surface area contributed by atoms with Crippen molar-refractivity contribution in [3.05, 3.63) is 16.7 Å². The summed E-state index contributed by atoms with van der Waals surface area (Å²) in [5, 5.41) is 20.8. The van der Waals surface area contributed by atoms with E-state index in [1.165, 1.54) is 17.8 Å². The molecule has 1 fully saturated rings. The van der Waals surface area contributed by atoms with Crippen molar-refractivity contribution in [2.45, 2.75) is 31.0 Å². The van der Waals surface area contributed by atoms with E-state index in [0.717, 1.165) is 0 Å². The van der Waals surface area contributed by atoms with Gasteiger partial charge in [-0.3, -0.25) is 19.2 Å². The number of rotatable bonds is 4. The number of anilines is 1. The Morgan fingerprint density at radius 2 is 2.32 bits per heavy atom. The third-order valence-electron chi connectivity index (χ3n) is 3.87. The van der Waals surface area contributed by atoms with Crippen LogP contribution in [0.15, 0.2) is 11.1 Å². The lowest BCUT2D eigenvalue weighted by atomic mass is 9.96. The predicted molar refractivity (Wildman–Crippen MR) is 82.5 cm³/mol. The highest BCUT2D eigenvalue weighted by molar-refractivity contribution is 7.46. The Hall–Kier alpha value is -1.86. The minimum Gasteiger partial charge on any atom is -0.387 e. The van der Waals surface area contributed by atoms with E-state index in [9.17, 15) is 19.6 Å². The van der Waals surface area contributed by atoms with Crippen LogP contribution in [0.1, 0.15) is 13.2 Å². The maximum Gasteiger partial charge on any atom is 0.631 e. The number of ether oxygens (including phenoxy) is 1. The number of aromatic amines is 1. The summed E-state index contributed by atoms with van der Waals surface area (Å²) in [5.74, 6) is -0.173. The van der Waals surface area contributed by atoms with E-state index >= 15 is 0 Å². The van der Waals surface area contributed by atoms with Gasteiger partial charge in [0.1, 0.15) is 17.8 Å².